The molecule has 0 aliphatic carbocycles. The highest BCUT2D eigenvalue weighted by atomic mass is 35.5. The van der Waals surface area contributed by atoms with E-state index in [0.29, 0.717) is 0 Å². The number of rotatable bonds is 3. The summed E-state index contributed by atoms with van der Waals surface area (Å²) in [5.41, 5.74) is -2.14. The maximum absolute atomic E-state index is 13.6. The van der Waals surface area contributed by atoms with Crippen LogP contribution in [0.5, 0.6) is 5.75 Å². The van der Waals surface area contributed by atoms with Crippen molar-refractivity contribution >= 4 is 28.8 Å². The number of ether oxygens (including phenoxy) is 1. The second kappa shape index (κ2) is 5.53. The third kappa shape index (κ3) is 2.74. The van der Waals surface area contributed by atoms with E-state index in [1.54, 1.807) is 0 Å². The van der Waals surface area contributed by atoms with Crippen LogP contribution in [-0.2, 0) is 5.54 Å². The van der Waals surface area contributed by atoms with E-state index in [2.05, 4.69) is 9.72 Å². The van der Waals surface area contributed by atoms with E-state index >= 15 is 0 Å². The molecule has 0 radical (unpaired) electrons. The van der Waals surface area contributed by atoms with E-state index in [1.165, 1.54) is 18.4 Å². The molecule has 2 aromatic heterocycles. The summed E-state index contributed by atoms with van der Waals surface area (Å²) in [5, 5.41) is 7.91. The molecular formula is C13H11ClF2N2O4. The Labute approximate surface area is 127 Å². The summed E-state index contributed by atoms with van der Waals surface area (Å²) in [6.07, 6.45) is -0.706. The summed E-state index contributed by atoms with van der Waals surface area (Å²) in [5.74, 6) is -1.53. The monoisotopic (exact) mass is 332 g/mol. The van der Waals surface area contributed by atoms with Crippen LogP contribution in [0.4, 0.5) is 13.6 Å². The van der Waals surface area contributed by atoms with Gasteiger partial charge in [0.15, 0.2) is 16.7 Å². The summed E-state index contributed by atoms with van der Waals surface area (Å²) < 4.78 is 32.4. The Morgan fingerprint density at radius 3 is 2.73 bits per heavy atom. The number of alkyl halides is 1. The minimum atomic E-state index is -1.72. The van der Waals surface area contributed by atoms with E-state index in [1.807, 2.05) is 0 Å². The van der Waals surface area contributed by atoms with Gasteiger partial charge in [-0.1, -0.05) is 11.6 Å². The molecule has 2 rings (SSSR count). The second-order valence-corrected chi connectivity index (χ2v) is 5.50. The van der Waals surface area contributed by atoms with Gasteiger partial charge in [0.25, 0.3) is 0 Å². The number of hydrogen-bond acceptors (Lipinski definition) is 4. The van der Waals surface area contributed by atoms with E-state index in [-0.39, 0.29) is 11.0 Å². The summed E-state index contributed by atoms with van der Waals surface area (Å²) >= 11 is 5.61. The quantitative estimate of drug-likeness (QED) is 0.690. The molecule has 0 saturated heterocycles. The van der Waals surface area contributed by atoms with Crippen molar-refractivity contribution in [3.05, 3.63) is 33.5 Å². The zero-order valence-electron chi connectivity index (χ0n) is 11.6. The Morgan fingerprint density at radius 1 is 1.55 bits per heavy atom. The minimum absolute atomic E-state index is 0.0724. The molecule has 2 aromatic rings. The molecule has 6 nitrogen and oxygen atoms in total. The number of carboxylic acid groups (broad SMARTS) is 1. The van der Waals surface area contributed by atoms with Crippen molar-refractivity contribution in [3.63, 3.8) is 0 Å². The Hall–Kier alpha value is -2.22. The lowest BCUT2D eigenvalue weighted by molar-refractivity contribution is 0.143. The molecule has 2 heterocycles. The van der Waals surface area contributed by atoms with Crippen LogP contribution in [0.1, 0.15) is 13.8 Å². The average Bonchev–Trinajstić information content (AvgIpc) is 2.43. The SMILES string of the molecule is CC(C)(CF)n1cc(OC(=O)O)c(=O)c2cc(F)c(Cl)nc21. The highest BCUT2D eigenvalue weighted by Gasteiger charge is 2.26. The largest absolute Gasteiger partial charge is 0.511 e. The van der Waals surface area contributed by atoms with Crippen molar-refractivity contribution in [1.29, 1.82) is 0 Å². The first kappa shape index (κ1) is 16.2. The zero-order chi connectivity index (χ0) is 16.7. The summed E-state index contributed by atoms with van der Waals surface area (Å²) in [6, 6.07) is 0.812. The van der Waals surface area contributed by atoms with E-state index in [4.69, 9.17) is 16.7 Å². The fourth-order valence-corrected chi connectivity index (χ4v) is 2.01. The third-order valence-corrected chi connectivity index (χ3v) is 3.30. The van der Waals surface area contributed by atoms with Gasteiger partial charge in [0.1, 0.15) is 12.3 Å². The van der Waals surface area contributed by atoms with Gasteiger partial charge in [-0.05, 0) is 19.9 Å². The van der Waals surface area contributed by atoms with E-state index < -0.39 is 40.5 Å². The number of nitrogens with zero attached hydrogens (tertiary/aromatic N) is 2. The van der Waals surface area contributed by atoms with Gasteiger partial charge in [-0.25, -0.2) is 18.6 Å². The van der Waals surface area contributed by atoms with Crippen LogP contribution < -0.4 is 10.2 Å². The number of halogens is 3. The zero-order valence-corrected chi connectivity index (χ0v) is 12.3. The highest BCUT2D eigenvalue weighted by Crippen LogP contribution is 2.26. The molecule has 0 unspecified atom stereocenters. The molecule has 0 spiro atoms. The normalized spacial score (nSPS) is 11.7. The summed E-state index contributed by atoms with van der Waals surface area (Å²) in [6.45, 7) is 2.12. The lowest BCUT2D eigenvalue weighted by Gasteiger charge is -2.26. The number of aromatic nitrogens is 2. The molecule has 0 fully saturated rings. The first-order valence-electron chi connectivity index (χ1n) is 6.06. The van der Waals surface area contributed by atoms with Crippen molar-refractivity contribution in [1.82, 2.24) is 9.55 Å². The molecule has 22 heavy (non-hydrogen) atoms. The fourth-order valence-electron chi connectivity index (χ4n) is 1.87. The molecule has 9 heteroatoms. The minimum Gasteiger partial charge on any atom is -0.449 e. The van der Waals surface area contributed by atoms with Crippen molar-refractivity contribution in [2.75, 3.05) is 6.67 Å². The first-order chi connectivity index (χ1) is 10.2. The van der Waals surface area contributed by atoms with Gasteiger partial charge in [0.05, 0.1) is 17.1 Å². The molecule has 0 amide bonds. The van der Waals surface area contributed by atoms with Crippen LogP contribution in [0.15, 0.2) is 17.1 Å². The van der Waals surface area contributed by atoms with Gasteiger partial charge >= 0.3 is 6.16 Å². The molecule has 118 valence electrons. The third-order valence-electron chi connectivity index (χ3n) is 3.03. The highest BCUT2D eigenvalue weighted by molar-refractivity contribution is 6.29. The second-order valence-electron chi connectivity index (χ2n) is 5.14. The number of pyridine rings is 2. The molecule has 1 N–H and O–H groups in total. The number of carbonyl (C=O) groups is 1. The van der Waals surface area contributed by atoms with Crippen LogP contribution in [-0.4, -0.2) is 27.5 Å². The Bertz CT molecular complexity index is 820. The van der Waals surface area contributed by atoms with Crippen LogP contribution in [0, 0.1) is 5.82 Å². The predicted octanol–water partition coefficient (Wildman–Crippen LogP) is 2.95. The molecule has 0 bridgehead atoms. The molecule has 0 aliphatic rings. The summed E-state index contributed by atoms with van der Waals surface area (Å²) in [4.78, 5) is 26.6. The van der Waals surface area contributed by atoms with Crippen molar-refractivity contribution < 1.29 is 23.4 Å². The van der Waals surface area contributed by atoms with E-state index in [0.717, 1.165) is 12.3 Å². The van der Waals surface area contributed by atoms with Gasteiger partial charge in [-0.3, -0.25) is 4.79 Å². The molecule has 0 aliphatic heterocycles. The average molecular weight is 333 g/mol. The van der Waals surface area contributed by atoms with Crippen molar-refractivity contribution in [2.45, 2.75) is 19.4 Å². The Balaban J connectivity index is 2.92. The molecule has 0 saturated carbocycles. The fraction of sp³-hybridized carbons (Fsp3) is 0.308. The maximum Gasteiger partial charge on any atom is 0.511 e. The van der Waals surface area contributed by atoms with Gasteiger partial charge in [-0.15, -0.1) is 0 Å². The van der Waals surface area contributed by atoms with Gasteiger partial charge in [0, 0.05) is 0 Å². The standard InChI is InChI=1S/C13H11ClF2N2O4/c1-13(2,5-15)18-4-8(22-12(20)21)9(19)6-3-7(16)10(14)17-11(6)18/h3-4H,5H2,1-2H3,(H,20,21). The van der Waals surface area contributed by atoms with Crippen LogP contribution >= 0.6 is 11.6 Å². The van der Waals surface area contributed by atoms with Gasteiger partial charge < -0.3 is 14.4 Å². The molecule has 0 atom stereocenters. The summed E-state index contributed by atoms with van der Waals surface area (Å²) in [7, 11) is 0. The smallest absolute Gasteiger partial charge is 0.449 e. The van der Waals surface area contributed by atoms with Crippen LogP contribution in [0.2, 0.25) is 5.15 Å². The number of fused-ring (bicyclic) bond motifs is 1. The number of hydrogen-bond donors (Lipinski definition) is 1. The van der Waals surface area contributed by atoms with Crippen LogP contribution in [0.3, 0.4) is 0 Å². The Kier molecular flexibility index (Phi) is 4.06. The molecule has 0 aromatic carbocycles. The van der Waals surface area contributed by atoms with Crippen molar-refractivity contribution in [3.8, 4) is 5.75 Å². The lowest BCUT2D eigenvalue weighted by Crippen LogP contribution is -2.31. The topological polar surface area (TPSA) is 81.4 Å². The Morgan fingerprint density at radius 2 is 2.18 bits per heavy atom. The van der Waals surface area contributed by atoms with Crippen molar-refractivity contribution in [2.24, 2.45) is 0 Å². The maximum atomic E-state index is 13.6. The molecular weight excluding hydrogens is 322 g/mol. The first-order valence-corrected chi connectivity index (χ1v) is 6.44. The van der Waals surface area contributed by atoms with Gasteiger partial charge in [-0.2, -0.15) is 0 Å². The van der Waals surface area contributed by atoms with E-state index in [9.17, 15) is 18.4 Å². The lowest BCUT2D eigenvalue weighted by atomic mass is 10.1. The van der Waals surface area contributed by atoms with Gasteiger partial charge in [0.2, 0.25) is 5.43 Å². The predicted molar refractivity (Wildman–Crippen MR) is 74.9 cm³/mol. The van der Waals surface area contributed by atoms with Crippen LogP contribution in [0.25, 0.3) is 11.0 Å².